The number of piperazine rings is 1. The van der Waals surface area contributed by atoms with Gasteiger partial charge in [0.2, 0.25) is 5.95 Å². The zero-order valence-corrected chi connectivity index (χ0v) is 12.3. The van der Waals surface area contributed by atoms with Crippen LogP contribution in [0.25, 0.3) is 11.4 Å². The Kier molecular flexibility index (Phi) is 3.44. The minimum absolute atomic E-state index is 0.478. The van der Waals surface area contributed by atoms with Crippen molar-refractivity contribution in [3.8, 4) is 11.4 Å². The maximum absolute atomic E-state index is 4.67. The van der Waals surface area contributed by atoms with Crippen LogP contribution >= 0.6 is 0 Å². The SMILES string of the molecule is Cc1ccc(C)c(-c2nc(N3CCN[C@H](C)C3)n[nH]2)c1. The van der Waals surface area contributed by atoms with E-state index in [1.54, 1.807) is 0 Å². The Hall–Kier alpha value is -1.88. The molecule has 1 fully saturated rings. The Morgan fingerprint density at radius 3 is 2.95 bits per heavy atom. The first-order valence-electron chi connectivity index (χ1n) is 7.12. The van der Waals surface area contributed by atoms with Gasteiger partial charge in [0.15, 0.2) is 5.82 Å². The van der Waals surface area contributed by atoms with Gasteiger partial charge >= 0.3 is 0 Å². The lowest BCUT2D eigenvalue weighted by Crippen LogP contribution is -2.49. The van der Waals surface area contributed by atoms with E-state index >= 15 is 0 Å². The number of hydrogen-bond donors (Lipinski definition) is 2. The fraction of sp³-hybridized carbons (Fsp3) is 0.467. The molecule has 5 heteroatoms. The average molecular weight is 271 g/mol. The van der Waals surface area contributed by atoms with Gasteiger partial charge in [0.1, 0.15) is 0 Å². The highest BCUT2D eigenvalue weighted by molar-refractivity contribution is 5.62. The van der Waals surface area contributed by atoms with Gasteiger partial charge in [-0.3, -0.25) is 5.10 Å². The molecule has 1 saturated heterocycles. The molecule has 1 aromatic carbocycles. The molecule has 0 saturated carbocycles. The van der Waals surface area contributed by atoms with Crippen LogP contribution in [0, 0.1) is 13.8 Å². The van der Waals surface area contributed by atoms with E-state index < -0.39 is 0 Å². The molecule has 5 nitrogen and oxygen atoms in total. The van der Waals surface area contributed by atoms with E-state index in [1.165, 1.54) is 11.1 Å². The Morgan fingerprint density at radius 2 is 2.15 bits per heavy atom. The summed E-state index contributed by atoms with van der Waals surface area (Å²) in [6.07, 6.45) is 0. The molecule has 3 rings (SSSR count). The second-order valence-electron chi connectivity index (χ2n) is 5.60. The summed E-state index contributed by atoms with van der Waals surface area (Å²) in [7, 11) is 0. The Morgan fingerprint density at radius 1 is 1.30 bits per heavy atom. The van der Waals surface area contributed by atoms with Gasteiger partial charge in [-0.15, -0.1) is 5.10 Å². The van der Waals surface area contributed by atoms with Crippen LogP contribution < -0.4 is 10.2 Å². The summed E-state index contributed by atoms with van der Waals surface area (Å²) in [4.78, 5) is 6.90. The zero-order chi connectivity index (χ0) is 14.1. The Balaban J connectivity index is 1.88. The van der Waals surface area contributed by atoms with Crippen molar-refractivity contribution in [3.63, 3.8) is 0 Å². The van der Waals surface area contributed by atoms with Crippen LogP contribution in [-0.4, -0.2) is 40.9 Å². The molecule has 0 radical (unpaired) electrons. The van der Waals surface area contributed by atoms with Crippen LogP contribution in [0.3, 0.4) is 0 Å². The molecule has 2 aromatic rings. The molecule has 20 heavy (non-hydrogen) atoms. The van der Waals surface area contributed by atoms with E-state index in [4.69, 9.17) is 0 Å². The predicted octanol–water partition coefficient (Wildman–Crippen LogP) is 1.89. The highest BCUT2D eigenvalue weighted by atomic mass is 15.4. The van der Waals surface area contributed by atoms with Crippen molar-refractivity contribution in [1.29, 1.82) is 0 Å². The van der Waals surface area contributed by atoms with Crippen LogP contribution in [0.4, 0.5) is 5.95 Å². The summed E-state index contributed by atoms with van der Waals surface area (Å²) in [5.74, 6) is 1.65. The number of nitrogens with zero attached hydrogens (tertiary/aromatic N) is 3. The molecule has 0 unspecified atom stereocenters. The number of nitrogens with one attached hydrogen (secondary N) is 2. The predicted molar refractivity (Wildman–Crippen MR) is 81.0 cm³/mol. The van der Waals surface area contributed by atoms with Crippen molar-refractivity contribution < 1.29 is 0 Å². The number of aryl methyl sites for hydroxylation is 2. The molecule has 1 aromatic heterocycles. The van der Waals surface area contributed by atoms with E-state index in [0.717, 1.165) is 37.0 Å². The first kappa shape index (κ1) is 13.1. The van der Waals surface area contributed by atoms with Gasteiger partial charge in [0, 0.05) is 31.2 Å². The molecule has 106 valence electrons. The van der Waals surface area contributed by atoms with Crippen molar-refractivity contribution in [1.82, 2.24) is 20.5 Å². The number of benzene rings is 1. The van der Waals surface area contributed by atoms with Gasteiger partial charge in [-0.05, 0) is 32.4 Å². The lowest BCUT2D eigenvalue weighted by Gasteiger charge is -2.30. The Labute approximate surface area is 119 Å². The number of hydrogen-bond acceptors (Lipinski definition) is 4. The average Bonchev–Trinajstić information content (AvgIpc) is 2.91. The molecular weight excluding hydrogens is 250 g/mol. The number of aromatic nitrogens is 3. The number of rotatable bonds is 2. The Bertz CT molecular complexity index is 604. The maximum Gasteiger partial charge on any atom is 0.245 e. The molecular formula is C15H21N5. The smallest absolute Gasteiger partial charge is 0.245 e. The first-order chi connectivity index (χ1) is 9.63. The van der Waals surface area contributed by atoms with Crippen LogP contribution in [0.1, 0.15) is 18.1 Å². The topological polar surface area (TPSA) is 56.8 Å². The third-order valence-electron chi connectivity index (χ3n) is 3.77. The van der Waals surface area contributed by atoms with Gasteiger partial charge in [0.05, 0.1) is 0 Å². The number of H-pyrrole nitrogens is 1. The second kappa shape index (κ2) is 5.25. The van der Waals surface area contributed by atoms with Gasteiger partial charge in [-0.1, -0.05) is 17.7 Å². The number of anilines is 1. The molecule has 2 heterocycles. The van der Waals surface area contributed by atoms with Gasteiger partial charge in [0.25, 0.3) is 0 Å². The van der Waals surface area contributed by atoms with E-state index in [2.05, 4.69) is 64.4 Å². The van der Waals surface area contributed by atoms with Crippen LogP contribution in [0.2, 0.25) is 0 Å². The molecule has 2 N–H and O–H groups in total. The normalized spacial score (nSPS) is 19.4. The van der Waals surface area contributed by atoms with Crippen LogP contribution in [0.15, 0.2) is 18.2 Å². The summed E-state index contributed by atoms with van der Waals surface area (Å²) < 4.78 is 0. The van der Waals surface area contributed by atoms with Crippen molar-refractivity contribution >= 4 is 5.95 Å². The second-order valence-corrected chi connectivity index (χ2v) is 5.60. The number of aromatic amines is 1. The van der Waals surface area contributed by atoms with E-state index in [-0.39, 0.29) is 0 Å². The van der Waals surface area contributed by atoms with Crippen LogP contribution in [0.5, 0.6) is 0 Å². The summed E-state index contributed by atoms with van der Waals surface area (Å²) in [5.41, 5.74) is 3.58. The van der Waals surface area contributed by atoms with Gasteiger partial charge in [-0.2, -0.15) is 4.98 Å². The van der Waals surface area contributed by atoms with Crippen LogP contribution in [-0.2, 0) is 0 Å². The summed E-state index contributed by atoms with van der Waals surface area (Å²) >= 11 is 0. The van der Waals surface area contributed by atoms with Crippen molar-refractivity contribution in [2.75, 3.05) is 24.5 Å². The summed E-state index contributed by atoms with van der Waals surface area (Å²) in [5, 5.41) is 10.9. The third-order valence-corrected chi connectivity index (χ3v) is 3.77. The molecule has 0 aliphatic carbocycles. The van der Waals surface area contributed by atoms with Crippen molar-refractivity contribution in [2.24, 2.45) is 0 Å². The molecule has 1 aliphatic rings. The van der Waals surface area contributed by atoms with E-state index in [1.807, 2.05) is 0 Å². The molecule has 0 bridgehead atoms. The fourth-order valence-corrected chi connectivity index (χ4v) is 2.62. The molecule has 0 amide bonds. The van der Waals surface area contributed by atoms with Gasteiger partial charge in [-0.25, -0.2) is 0 Å². The first-order valence-corrected chi connectivity index (χ1v) is 7.12. The highest BCUT2D eigenvalue weighted by Crippen LogP contribution is 2.23. The van der Waals surface area contributed by atoms with Gasteiger partial charge < -0.3 is 10.2 Å². The monoisotopic (exact) mass is 271 g/mol. The summed E-state index contributed by atoms with van der Waals surface area (Å²) in [6, 6.07) is 6.87. The fourth-order valence-electron chi connectivity index (χ4n) is 2.62. The van der Waals surface area contributed by atoms with E-state index in [9.17, 15) is 0 Å². The lowest BCUT2D eigenvalue weighted by atomic mass is 10.1. The molecule has 1 aliphatic heterocycles. The molecule has 0 spiro atoms. The summed E-state index contributed by atoms with van der Waals surface area (Å²) in [6.45, 7) is 9.26. The minimum Gasteiger partial charge on any atom is -0.337 e. The van der Waals surface area contributed by atoms with E-state index in [0.29, 0.717) is 6.04 Å². The minimum atomic E-state index is 0.478. The highest BCUT2D eigenvalue weighted by Gasteiger charge is 2.19. The zero-order valence-electron chi connectivity index (χ0n) is 12.3. The quantitative estimate of drug-likeness (QED) is 0.875. The molecule has 1 atom stereocenters. The lowest BCUT2D eigenvalue weighted by molar-refractivity contribution is 0.480. The van der Waals surface area contributed by atoms with Crippen molar-refractivity contribution in [3.05, 3.63) is 29.3 Å². The maximum atomic E-state index is 4.67. The largest absolute Gasteiger partial charge is 0.337 e. The standard InChI is InChI=1S/C15H21N5/c1-10-4-5-11(2)13(8-10)14-17-15(19-18-14)20-7-6-16-12(3)9-20/h4-5,8,12,16H,6-7,9H2,1-3H3,(H,17,18,19)/t12-/m1/s1. The van der Waals surface area contributed by atoms with Crippen molar-refractivity contribution in [2.45, 2.75) is 26.8 Å². The third kappa shape index (κ3) is 2.54.